The molecule has 2 rings (SSSR count). The molecule has 0 bridgehead atoms. The summed E-state index contributed by atoms with van der Waals surface area (Å²) in [7, 11) is 0. The van der Waals surface area contributed by atoms with Crippen molar-refractivity contribution in [2.45, 2.75) is 19.4 Å². The Kier molecular flexibility index (Phi) is 13.9. The van der Waals surface area contributed by atoms with E-state index in [0.29, 0.717) is 25.4 Å². The van der Waals surface area contributed by atoms with Gasteiger partial charge in [0.15, 0.2) is 5.75 Å². The third kappa shape index (κ3) is 9.99. The molecule has 0 radical (unpaired) electrons. The lowest BCUT2D eigenvalue weighted by molar-refractivity contribution is -0.136. The fourth-order valence-electron chi connectivity index (χ4n) is 2.47. The second kappa shape index (κ2) is 15.5. The van der Waals surface area contributed by atoms with E-state index >= 15 is 0 Å². The predicted octanol–water partition coefficient (Wildman–Crippen LogP) is 5.39. The highest BCUT2D eigenvalue weighted by molar-refractivity contribution is 14.1. The van der Waals surface area contributed by atoms with Crippen molar-refractivity contribution in [3.63, 3.8) is 0 Å². The SMILES string of the molecule is CCCOCCOCCONC(=O)C(N)c1cc(I)c(Oc2cc(I)cc(I)c2)c(I)c1. The molecule has 1 atom stereocenters. The predicted molar refractivity (Wildman–Crippen MR) is 157 cm³/mol. The number of hydroxylamine groups is 1. The maximum Gasteiger partial charge on any atom is 0.265 e. The number of carbonyl (C=O) groups is 1. The van der Waals surface area contributed by atoms with Gasteiger partial charge >= 0.3 is 0 Å². The second-order valence-corrected chi connectivity index (χ2v) is 11.4. The number of halogens is 4. The first-order valence-corrected chi connectivity index (χ1v) is 14.1. The standard InChI is InChI=1S/C21H24I4N2O5/c1-2-3-29-4-5-30-6-7-31-27-21(28)19(26)13-8-17(24)20(18(25)9-13)32-16-11-14(22)10-15(23)12-16/h8-12,19H,2-7,26H2,1H3,(H,27,28). The molecule has 32 heavy (non-hydrogen) atoms. The molecule has 2 aromatic carbocycles. The number of nitrogens with two attached hydrogens (primary N) is 1. The van der Waals surface area contributed by atoms with Crippen LogP contribution in [0.2, 0.25) is 0 Å². The van der Waals surface area contributed by atoms with Gasteiger partial charge in [0.05, 0.1) is 33.6 Å². The molecule has 11 heteroatoms. The van der Waals surface area contributed by atoms with Crippen LogP contribution in [0, 0.1) is 14.3 Å². The van der Waals surface area contributed by atoms with Gasteiger partial charge in [0, 0.05) is 13.7 Å². The fourth-order valence-corrected chi connectivity index (χ4v) is 6.38. The highest BCUT2D eigenvalue weighted by Gasteiger charge is 2.20. The van der Waals surface area contributed by atoms with E-state index in [1.54, 1.807) is 0 Å². The molecule has 176 valence electrons. The van der Waals surface area contributed by atoms with Crippen molar-refractivity contribution < 1.29 is 23.8 Å². The molecule has 0 aromatic heterocycles. The lowest BCUT2D eigenvalue weighted by atomic mass is 10.1. The summed E-state index contributed by atoms with van der Waals surface area (Å²) in [6.07, 6.45) is 0.981. The number of amides is 1. The van der Waals surface area contributed by atoms with Gasteiger partial charge in [0.2, 0.25) is 0 Å². The summed E-state index contributed by atoms with van der Waals surface area (Å²) in [5.41, 5.74) is 9.20. The summed E-state index contributed by atoms with van der Waals surface area (Å²) in [5, 5.41) is 0. The number of benzene rings is 2. The molecule has 1 unspecified atom stereocenters. The van der Waals surface area contributed by atoms with Gasteiger partial charge in [-0.1, -0.05) is 6.92 Å². The van der Waals surface area contributed by atoms with E-state index in [-0.39, 0.29) is 6.61 Å². The third-order valence-electron chi connectivity index (χ3n) is 3.94. The van der Waals surface area contributed by atoms with Crippen molar-refractivity contribution in [1.29, 1.82) is 0 Å². The minimum Gasteiger partial charge on any atom is -0.455 e. The Morgan fingerprint density at radius 1 is 0.906 bits per heavy atom. The van der Waals surface area contributed by atoms with E-state index in [1.807, 2.05) is 24.3 Å². The quantitative estimate of drug-likeness (QED) is 0.160. The summed E-state index contributed by atoms with van der Waals surface area (Å²) >= 11 is 8.90. The Balaban J connectivity index is 1.86. The van der Waals surface area contributed by atoms with Crippen LogP contribution < -0.4 is 16.0 Å². The summed E-state index contributed by atoms with van der Waals surface area (Å²) < 4.78 is 20.7. The molecule has 1 amide bonds. The van der Waals surface area contributed by atoms with Crippen LogP contribution in [0.25, 0.3) is 0 Å². The molecule has 0 fully saturated rings. The Morgan fingerprint density at radius 3 is 2.06 bits per heavy atom. The molecule has 2 aromatic rings. The van der Waals surface area contributed by atoms with Gasteiger partial charge in [0.1, 0.15) is 11.8 Å². The molecule has 0 spiro atoms. The minimum atomic E-state index is -0.868. The topological polar surface area (TPSA) is 92.0 Å². The van der Waals surface area contributed by atoms with E-state index in [4.69, 9.17) is 24.8 Å². The average molecular weight is 892 g/mol. The Bertz CT molecular complexity index is 857. The van der Waals surface area contributed by atoms with Gasteiger partial charge in [-0.25, -0.2) is 5.48 Å². The minimum absolute atomic E-state index is 0.225. The van der Waals surface area contributed by atoms with Gasteiger partial charge in [-0.2, -0.15) is 0 Å². The zero-order chi connectivity index (χ0) is 23.5. The van der Waals surface area contributed by atoms with Gasteiger partial charge < -0.3 is 19.9 Å². The van der Waals surface area contributed by atoms with Crippen molar-refractivity contribution in [2.75, 3.05) is 33.0 Å². The zero-order valence-electron chi connectivity index (χ0n) is 17.3. The Hall–Kier alpha value is 0.470. The maximum atomic E-state index is 12.4. The molecular weight excluding hydrogens is 868 g/mol. The van der Waals surface area contributed by atoms with Crippen LogP contribution in [-0.4, -0.2) is 38.9 Å². The van der Waals surface area contributed by atoms with Crippen LogP contribution in [0.3, 0.4) is 0 Å². The van der Waals surface area contributed by atoms with E-state index in [2.05, 4.69) is 109 Å². The molecular formula is C21H24I4N2O5. The smallest absolute Gasteiger partial charge is 0.265 e. The Morgan fingerprint density at radius 2 is 1.47 bits per heavy atom. The first-order chi connectivity index (χ1) is 15.3. The number of hydrogen-bond acceptors (Lipinski definition) is 6. The largest absolute Gasteiger partial charge is 0.455 e. The normalized spacial score (nSPS) is 11.9. The molecule has 3 N–H and O–H groups in total. The molecule has 0 aliphatic carbocycles. The van der Waals surface area contributed by atoms with Crippen LogP contribution in [-0.2, 0) is 19.1 Å². The van der Waals surface area contributed by atoms with E-state index in [9.17, 15) is 4.79 Å². The van der Waals surface area contributed by atoms with Crippen LogP contribution in [0.1, 0.15) is 24.9 Å². The van der Waals surface area contributed by atoms with Gasteiger partial charge in [-0.05, 0) is 133 Å². The first kappa shape index (κ1) is 28.7. The molecule has 0 aliphatic rings. The molecule has 7 nitrogen and oxygen atoms in total. The van der Waals surface area contributed by atoms with E-state index < -0.39 is 11.9 Å². The number of carbonyl (C=O) groups excluding carboxylic acids is 1. The van der Waals surface area contributed by atoms with Crippen LogP contribution in [0.15, 0.2) is 30.3 Å². The number of hydrogen-bond donors (Lipinski definition) is 2. The lowest BCUT2D eigenvalue weighted by Crippen LogP contribution is -2.35. The number of rotatable bonds is 13. The number of nitrogens with one attached hydrogen (secondary N) is 1. The highest BCUT2D eigenvalue weighted by Crippen LogP contribution is 2.35. The van der Waals surface area contributed by atoms with Crippen molar-refractivity contribution in [1.82, 2.24) is 5.48 Å². The van der Waals surface area contributed by atoms with Crippen molar-refractivity contribution in [3.05, 3.63) is 50.2 Å². The molecule has 0 saturated carbocycles. The summed E-state index contributed by atoms with van der Waals surface area (Å²) in [6, 6.07) is 8.85. The monoisotopic (exact) mass is 892 g/mol. The van der Waals surface area contributed by atoms with E-state index in [0.717, 1.165) is 38.8 Å². The van der Waals surface area contributed by atoms with Gasteiger partial charge in [-0.3, -0.25) is 9.63 Å². The molecule has 0 saturated heterocycles. The number of ether oxygens (including phenoxy) is 3. The average Bonchev–Trinajstić information content (AvgIpc) is 2.73. The van der Waals surface area contributed by atoms with Crippen LogP contribution in [0.5, 0.6) is 11.5 Å². The third-order valence-corrected chi connectivity index (χ3v) is 6.79. The fraction of sp³-hybridized carbons (Fsp3) is 0.381. The molecule has 0 aliphatic heterocycles. The van der Waals surface area contributed by atoms with Crippen molar-refractivity contribution in [3.8, 4) is 11.5 Å². The van der Waals surface area contributed by atoms with E-state index in [1.165, 1.54) is 0 Å². The van der Waals surface area contributed by atoms with Crippen molar-refractivity contribution in [2.24, 2.45) is 5.73 Å². The second-order valence-electron chi connectivity index (χ2n) is 6.54. The lowest BCUT2D eigenvalue weighted by Gasteiger charge is -2.16. The zero-order valence-corrected chi connectivity index (χ0v) is 26.0. The van der Waals surface area contributed by atoms with Gasteiger partial charge in [-0.15, -0.1) is 0 Å². The summed E-state index contributed by atoms with van der Waals surface area (Å²) in [6.45, 7) is 4.39. The first-order valence-electron chi connectivity index (χ1n) is 9.77. The highest BCUT2D eigenvalue weighted by atomic mass is 127. The van der Waals surface area contributed by atoms with Crippen molar-refractivity contribution >= 4 is 96.3 Å². The Labute approximate surface area is 242 Å². The summed E-state index contributed by atoms with van der Waals surface area (Å²) in [5.74, 6) is 1.07. The summed E-state index contributed by atoms with van der Waals surface area (Å²) in [4.78, 5) is 17.5. The maximum absolute atomic E-state index is 12.4. The van der Waals surface area contributed by atoms with Crippen LogP contribution >= 0.6 is 90.4 Å². The van der Waals surface area contributed by atoms with Crippen LogP contribution in [0.4, 0.5) is 0 Å². The van der Waals surface area contributed by atoms with Gasteiger partial charge in [0.25, 0.3) is 5.91 Å². The molecule has 0 heterocycles.